The standard InChI is InChI=1S/C5H8BrClO/c1-4(3-6)2-5(7)8/h4H,2-3H2,1H3. The molecule has 0 aliphatic heterocycles. The number of hydrogen-bond acceptors (Lipinski definition) is 1. The number of rotatable bonds is 3. The molecule has 0 bridgehead atoms. The lowest BCUT2D eigenvalue weighted by molar-refractivity contribution is -0.112. The minimum absolute atomic E-state index is 0.253. The second-order valence-corrected chi connectivity index (χ2v) is 2.89. The predicted octanol–water partition coefficient (Wildman–Crippen LogP) is 2.17. The first-order valence-corrected chi connectivity index (χ1v) is 3.91. The number of carbonyl (C=O) groups is 1. The van der Waals surface area contributed by atoms with Crippen molar-refractivity contribution < 1.29 is 4.79 Å². The van der Waals surface area contributed by atoms with Crippen LogP contribution in [0.25, 0.3) is 0 Å². The lowest BCUT2D eigenvalue weighted by Crippen LogP contribution is -1.99. The van der Waals surface area contributed by atoms with Crippen LogP contribution in [0.5, 0.6) is 0 Å². The Bertz CT molecular complexity index is 84.5. The van der Waals surface area contributed by atoms with Crippen LogP contribution < -0.4 is 0 Å². The fourth-order valence-electron chi connectivity index (χ4n) is 0.329. The van der Waals surface area contributed by atoms with Crippen LogP contribution in [0.3, 0.4) is 0 Å². The minimum Gasteiger partial charge on any atom is -0.281 e. The quantitative estimate of drug-likeness (QED) is 0.503. The molecule has 0 aromatic rings. The molecule has 1 atom stereocenters. The summed E-state index contributed by atoms with van der Waals surface area (Å²) in [5.74, 6) is 0.361. The third-order valence-corrected chi connectivity index (χ3v) is 2.03. The molecule has 0 aromatic carbocycles. The average molecular weight is 199 g/mol. The summed E-state index contributed by atoms with van der Waals surface area (Å²) in [6, 6.07) is 0. The molecule has 48 valence electrons. The van der Waals surface area contributed by atoms with Crippen LogP contribution in [0.4, 0.5) is 0 Å². The van der Waals surface area contributed by atoms with Gasteiger partial charge in [-0.25, -0.2) is 0 Å². The van der Waals surface area contributed by atoms with Gasteiger partial charge in [0, 0.05) is 11.8 Å². The van der Waals surface area contributed by atoms with E-state index in [-0.39, 0.29) is 5.24 Å². The number of halogens is 2. The summed E-state index contributed by atoms with van der Waals surface area (Å²) in [6.07, 6.45) is 0.465. The maximum Gasteiger partial charge on any atom is 0.221 e. The molecule has 0 heterocycles. The number of alkyl halides is 1. The minimum atomic E-state index is -0.253. The number of carbonyl (C=O) groups excluding carboxylic acids is 1. The van der Waals surface area contributed by atoms with E-state index in [1.165, 1.54) is 0 Å². The Morgan fingerprint density at radius 3 is 2.50 bits per heavy atom. The molecule has 0 spiro atoms. The molecule has 0 amide bonds. The van der Waals surface area contributed by atoms with Gasteiger partial charge >= 0.3 is 0 Å². The maximum atomic E-state index is 10.2. The largest absolute Gasteiger partial charge is 0.281 e. The Morgan fingerprint density at radius 1 is 1.88 bits per heavy atom. The summed E-state index contributed by atoms with van der Waals surface area (Å²) < 4.78 is 0. The molecule has 8 heavy (non-hydrogen) atoms. The second kappa shape index (κ2) is 4.33. The molecule has 0 saturated carbocycles. The van der Waals surface area contributed by atoms with Crippen molar-refractivity contribution in [2.45, 2.75) is 13.3 Å². The van der Waals surface area contributed by atoms with Crippen LogP contribution in [-0.2, 0) is 4.79 Å². The van der Waals surface area contributed by atoms with Crippen molar-refractivity contribution in [3.8, 4) is 0 Å². The van der Waals surface area contributed by atoms with E-state index < -0.39 is 0 Å². The SMILES string of the molecule is CC(CBr)CC(=O)Cl. The van der Waals surface area contributed by atoms with Crippen LogP contribution in [0.15, 0.2) is 0 Å². The summed E-state index contributed by atoms with van der Waals surface area (Å²) in [6.45, 7) is 1.97. The highest BCUT2D eigenvalue weighted by molar-refractivity contribution is 9.09. The van der Waals surface area contributed by atoms with Gasteiger partial charge in [0.25, 0.3) is 0 Å². The highest BCUT2D eigenvalue weighted by Crippen LogP contribution is 2.06. The van der Waals surface area contributed by atoms with E-state index in [2.05, 4.69) is 15.9 Å². The molecule has 0 fully saturated rings. The fraction of sp³-hybridized carbons (Fsp3) is 0.800. The average Bonchev–Trinajstić information content (AvgIpc) is 1.65. The Morgan fingerprint density at radius 2 is 2.38 bits per heavy atom. The summed E-state index contributed by atoms with van der Waals surface area (Å²) in [7, 11) is 0. The maximum absolute atomic E-state index is 10.2. The van der Waals surface area contributed by atoms with Crippen LogP contribution in [0, 0.1) is 5.92 Å². The van der Waals surface area contributed by atoms with E-state index in [9.17, 15) is 4.79 Å². The van der Waals surface area contributed by atoms with E-state index >= 15 is 0 Å². The first-order chi connectivity index (χ1) is 3.66. The van der Waals surface area contributed by atoms with E-state index in [4.69, 9.17) is 11.6 Å². The van der Waals surface area contributed by atoms with Crippen molar-refractivity contribution in [1.29, 1.82) is 0 Å². The van der Waals surface area contributed by atoms with Crippen molar-refractivity contribution in [3.05, 3.63) is 0 Å². The van der Waals surface area contributed by atoms with Crippen LogP contribution in [0.2, 0.25) is 0 Å². The smallest absolute Gasteiger partial charge is 0.221 e. The third kappa shape index (κ3) is 4.60. The highest BCUT2D eigenvalue weighted by Gasteiger charge is 2.03. The van der Waals surface area contributed by atoms with E-state index in [1.807, 2.05) is 6.92 Å². The molecule has 0 aliphatic carbocycles. The Hall–Kier alpha value is 0.440. The van der Waals surface area contributed by atoms with Crippen molar-refractivity contribution in [2.75, 3.05) is 5.33 Å². The monoisotopic (exact) mass is 198 g/mol. The van der Waals surface area contributed by atoms with Crippen molar-refractivity contribution in [1.82, 2.24) is 0 Å². The molecular weight excluding hydrogens is 191 g/mol. The van der Waals surface area contributed by atoms with Crippen molar-refractivity contribution in [3.63, 3.8) is 0 Å². The Labute approximate surface area is 62.5 Å². The van der Waals surface area contributed by atoms with Gasteiger partial charge in [0.1, 0.15) is 0 Å². The van der Waals surface area contributed by atoms with Gasteiger partial charge in [0.05, 0.1) is 0 Å². The van der Waals surface area contributed by atoms with Crippen molar-refractivity contribution in [2.24, 2.45) is 5.92 Å². The first kappa shape index (κ1) is 8.44. The molecule has 1 unspecified atom stereocenters. The van der Waals surface area contributed by atoms with E-state index in [0.717, 1.165) is 5.33 Å². The summed E-state index contributed by atoms with van der Waals surface area (Å²) >= 11 is 8.32. The summed E-state index contributed by atoms with van der Waals surface area (Å²) in [4.78, 5) is 10.2. The topological polar surface area (TPSA) is 17.1 Å². The number of hydrogen-bond donors (Lipinski definition) is 0. The molecule has 0 N–H and O–H groups in total. The van der Waals surface area contributed by atoms with Crippen LogP contribution >= 0.6 is 27.5 Å². The van der Waals surface area contributed by atoms with Gasteiger partial charge < -0.3 is 0 Å². The van der Waals surface area contributed by atoms with Gasteiger partial charge in [-0.15, -0.1) is 0 Å². The van der Waals surface area contributed by atoms with Crippen LogP contribution in [-0.4, -0.2) is 10.6 Å². The van der Waals surface area contributed by atoms with E-state index in [1.54, 1.807) is 0 Å². The normalized spacial score (nSPS) is 13.4. The lowest BCUT2D eigenvalue weighted by atomic mass is 10.2. The van der Waals surface area contributed by atoms with Gasteiger partial charge in [0.2, 0.25) is 5.24 Å². The van der Waals surface area contributed by atoms with Crippen LogP contribution in [0.1, 0.15) is 13.3 Å². The summed E-state index contributed by atoms with van der Waals surface area (Å²) in [5.41, 5.74) is 0. The third-order valence-electron chi connectivity index (χ3n) is 0.772. The van der Waals surface area contributed by atoms with Crippen molar-refractivity contribution >= 4 is 32.8 Å². The molecule has 1 nitrogen and oxygen atoms in total. The molecule has 3 heteroatoms. The van der Waals surface area contributed by atoms with E-state index in [0.29, 0.717) is 12.3 Å². The molecule has 0 saturated heterocycles. The zero-order valence-corrected chi connectivity index (χ0v) is 7.00. The second-order valence-electron chi connectivity index (χ2n) is 1.82. The Balaban J connectivity index is 3.24. The van der Waals surface area contributed by atoms with Gasteiger partial charge in [-0.2, -0.15) is 0 Å². The lowest BCUT2D eigenvalue weighted by Gasteiger charge is -1.99. The molecule has 0 rings (SSSR count). The summed E-state index contributed by atoms with van der Waals surface area (Å²) in [5, 5.41) is 0.586. The molecule has 0 radical (unpaired) electrons. The molecular formula is C5H8BrClO. The zero-order valence-electron chi connectivity index (χ0n) is 4.66. The van der Waals surface area contributed by atoms with Gasteiger partial charge in [0.15, 0.2) is 0 Å². The predicted molar refractivity (Wildman–Crippen MR) is 38.4 cm³/mol. The van der Waals surface area contributed by atoms with Gasteiger partial charge in [-0.05, 0) is 17.5 Å². The highest BCUT2D eigenvalue weighted by atomic mass is 79.9. The Kier molecular flexibility index (Phi) is 4.57. The van der Waals surface area contributed by atoms with Gasteiger partial charge in [-0.1, -0.05) is 22.9 Å². The first-order valence-electron chi connectivity index (χ1n) is 2.41. The van der Waals surface area contributed by atoms with Gasteiger partial charge in [-0.3, -0.25) is 4.79 Å². The molecule has 0 aliphatic rings. The fourth-order valence-corrected chi connectivity index (χ4v) is 0.821. The molecule has 0 aromatic heterocycles. The zero-order chi connectivity index (χ0) is 6.57.